The molecule has 0 saturated heterocycles. The van der Waals surface area contributed by atoms with E-state index in [9.17, 15) is 15.0 Å². The summed E-state index contributed by atoms with van der Waals surface area (Å²) in [6, 6.07) is -0.643. The van der Waals surface area contributed by atoms with Gasteiger partial charge >= 0.3 is 0 Å². The molecule has 4 heteroatoms. The Labute approximate surface area is 438 Å². The number of hydrogen-bond donors (Lipinski definition) is 3. The number of nitrogens with one attached hydrogen (secondary N) is 1. The van der Waals surface area contributed by atoms with Crippen molar-refractivity contribution in [3.63, 3.8) is 0 Å². The molecule has 0 radical (unpaired) electrons. The fraction of sp³-hybridized carbons (Fsp3) is 0.803. The van der Waals surface area contributed by atoms with Crippen LogP contribution in [0.15, 0.2) is 72.9 Å². The second-order valence-electron chi connectivity index (χ2n) is 21.1. The van der Waals surface area contributed by atoms with Gasteiger partial charge in [-0.1, -0.05) is 318 Å². The second kappa shape index (κ2) is 61.1. The molecule has 0 spiro atoms. The molecule has 0 bridgehead atoms. The van der Waals surface area contributed by atoms with Gasteiger partial charge in [-0.2, -0.15) is 0 Å². The average Bonchev–Trinajstić information content (AvgIpc) is 3.36. The van der Waals surface area contributed by atoms with Gasteiger partial charge in [-0.05, 0) is 70.6 Å². The first-order valence-electron chi connectivity index (χ1n) is 31.2. The molecular weight excluding hydrogens is 855 g/mol. The third kappa shape index (κ3) is 56.7. The minimum atomic E-state index is -0.866. The molecule has 0 fully saturated rings. The van der Waals surface area contributed by atoms with Crippen LogP contribution in [0.1, 0.15) is 322 Å². The van der Waals surface area contributed by atoms with E-state index in [1.54, 1.807) is 6.08 Å². The van der Waals surface area contributed by atoms with Crippen molar-refractivity contribution < 1.29 is 15.0 Å². The molecule has 0 heterocycles. The molecule has 0 aliphatic heterocycles. The van der Waals surface area contributed by atoms with Gasteiger partial charge < -0.3 is 15.5 Å². The SMILES string of the molecule is CC/C=C\C/C=C\C/C=C\C/C=C\CCCCCCCCCCCCCCCCCCC(=O)NC(CO)C(O)/C=C/CC/C=C/CCCCCCCCCCCCCCCCCCCCCCCCC. The van der Waals surface area contributed by atoms with E-state index in [0.29, 0.717) is 6.42 Å². The van der Waals surface area contributed by atoms with Gasteiger partial charge in [0.15, 0.2) is 0 Å². The highest BCUT2D eigenvalue weighted by molar-refractivity contribution is 5.76. The van der Waals surface area contributed by atoms with Crippen LogP contribution in [0.25, 0.3) is 0 Å². The summed E-state index contributed by atoms with van der Waals surface area (Å²) < 4.78 is 0. The maximum atomic E-state index is 12.5. The topological polar surface area (TPSA) is 69.6 Å². The van der Waals surface area contributed by atoms with Crippen LogP contribution in [0.2, 0.25) is 0 Å². The van der Waals surface area contributed by atoms with E-state index in [1.807, 2.05) is 6.08 Å². The lowest BCUT2D eigenvalue weighted by atomic mass is 10.0. The van der Waals surface area contributed by atoms with Crippen molar-refractivity contribution in [3.8, 4) is 0 Å². The van der Waals surface area contributed by atoms with Crippen LogP contribution in [0.3, 0.4) is 0 Å². The van der Waals surface area contributed by atoms with Crippen molar-refractivity contribution in [1.29, 1.82) is 0 Å². The Morgan fingerprint density at radius 3 is 1.00 bits per heavy atom. The highest BCUT2D eigenvalue weighted by atomic mass is 16.3. The van der Waals surface area contributed by atoms with Gasteiger partial charge in [0.1, 0.15) is 0 Å². The fourth-order valence-corrected chi connectivity index (χ4v) is 9.48. The van der Waals surface area contributed by atoms with Crippen molar-refractivity contribution >= 4 is 5.91 Å². The van der Waals surface area contributed by atoms with Crippen molar-refractivity contribution in [3.05, 3.63) is 72.9 Å². The average molecular weight is 977 g/mol. The molecule has 0 saturated carbocycles. The normalized spacial score (nSPS) is 13.3. The summed E-state index contributed by atoms with van der Waals surface area (Å²) in [5.74, 6) is -0.0716. The molecule has 2 atom stereocenters. The maximum Gasteiger partial charge on any atom is 0.220 e. The summed E-state index contributed by atoms with van der Waals surface area (Å²) in [7, 11) is 0. The van der Waals surface area contributed by atoms with Gasteiger partial charge in [0.2, 0.25) is 5.91 Å². The van der Waals surface area contributed by atoms with E-state index >= 15 is 0 Å². The summed E-state index contributed by atoms with van der Waals surface area (Å²) >= 11 is 0. The third-order valence-electron chi connectivity index (χ3n) is 14.2. The number of allylic oxidation sites excluding steroid dienone is 11. The number of aliphatic hydroxyl groups is 2. The lowest BCUT2D eigenvalue weighted by molar-refractivity contribution is -0.123. The van der Waals surface area contributed by atoms with E-state index < -0.39 is 12.1 Å². The quantitative estimate of drug-likeness (QED) is 0.0420. The number of carbonyl (C=O) groups is 1. The van der Waals surface area contributed by atoms with Crippen LogP contribution < -0.4 is 5.32 Å². The van der Waals surface area contributed by atoms with Crippen molar-refractivity contribution in [2.24, 2.45) is 0 Å². The predicted molar refractivity (Wildman–Crippen MR) is 313 cm³/mol. The molecule has 0 aromatic rings. The smallest absolute Gasteiger partial charge is 0.220 e. The van der Waals surface area contributed by atoms with E-state index in [1.165, 1.54) is 244 Å². The molecule has 0 aliphatic rings. The summed E-state index contributed by atoms with van der Waals surface area (Å²) in [6.45, 7) is 4.21. The van der Waals surface area contributed by atoms with Crippen molar-refractivity contribution in [2.75, 3.05) is 6.61 Å². The first kappa shape index (κ1) is 67.8. The molecule has 0 aromatic carbocycles. The Bertz CT molecular complexity index is 1200. The van der Waals surface area contributed by atoms with Gasteiger partial charge in [-0.3, -0.25) is 4.79 Å². The van der Waals surface area contributed by atoms with E-state index in [-0.39, 0.29) is 12.5 Å². The number of amides is 1. The largest absolute Gasteiger partial charge is 0.394 e. The second-order valence-corrected chi connectivity index (χ2v) is 21.1. The zero-order chi connectivity index (χ0) is 50.6. The van der Waals surface area contributed by atoms with Gasteiger partial charge in [-0.15, -0.1) is 0 Å². The van der Waals surface area contributed by atoms with E-state index in [4.69, 9.17) is 0 Å². The molecule has 70 heavy (non-hydrogen) atoms. The van der Waals surface area contributed by atoms with Crippen molar-refractivity contribution in [2.45, 2.75) is 334 Å². The highest BCUT2D eigenvalue weighted by Crippen LogP contribution is 2.18. The van der Waals surface area contributed by atoms with Crippen LogP contribution in [-0.4, -0.2) is 34.9 Å². The zero-order valence-electron chi connectivity index (χ0n) is 47.0. The van der Waals surface area contributed by atoms with Crippen LogP contribution in [0, 0.1) is 0 Å². The Morgan fingerprint density at radius 2 is 0.643 bits per heavy atom. The molecule has 408 valence electrons. The lowest BCUT2D eigenvalue weighted by Gasteiger charge is -2.19. The highest BCUT2D eigenvalue weighted by Gasteiger charge is 2.18. The van der Waals surface area contributed by atoms with Crippen LogP contribution in [-0.2, 0) is 4.79 Å². The summed E-state index contributed by atoms with van der Waals surface area (Å²) in [6.07, 6.45) is 88.1. The van der Waals surface area contributed by atoms with Crippen LogP contribution >= 0.6 is 0 Å². The molecule has 0 aromatic heterocycles. The molecule has 2 unspecified atom stereocenters. The van der Waals surface area contributed by atoms with E-state index in [2.05, 4.69) is 79.9 Å². The monoisotopic (exact) mass is 976 g/mol. The summed E-state index contributed by atoms with van der Waals surface area (Å²) in [5.41, 5.74) is 0. The standard InChI is InChI=1S/C66H121NO3/c1-3-5-7-9-11-13-15-17-19-21-23-25-27-29-31-33-35-37-39-41-43-45-47-49-51-53-55-57-59-61-65(69)64(63-68)67-66(70)62-60-58-56-54-52-50-48-46-44-42-40-38-36-34-32-30-28-26-24-22-20-18-16-14-12-10-8-6-4-2/h6,8,12,14,18,20,24,26,51,53,59,61,64-65,68-69H,3-5,7,9-11,13,15-17,19,21-23,25,27-50,52,54-58,60,62-63H2,1-2H3,(H,67,70)/b8-6-,14-12-,20-18-,26-24-,53-51+,61-59+. The molecule has 1 amide bonds. The number of unbranched alkanes of at least 4 members (excludes halogenated alkanes) is 40. The summed E-state index contributed by atoms with van der Waals surface area (Å²) in [5, 5.41) is 23.2. The number of carbonyl (C=O) groups excluding carboxylic acids is 1. The lowest BCUT2D eigenvalue weighted by Crippen LogP contribution is -2.45. The van der Waals surface area contributed by atoms with Gasteiger partial charge in [0, 0.05) is 6.42 Å². The van der Waals surface area contributed by atoms with Crippen molar-refractivity contribution in [1.82, 2.24) is 5.32 Å². The number of rotatable bonds is 57. The molecule has 0 rings (SSSR count). The van der Waals surface area contributed by atoms with Crippen LogP contribution in [0.4, 0.5) is 0 Å². The predicted octanol–water partition coefficient (Wildman–Crippen LogP) is 20.9. The minimum Gasteiger partial charge on any atom is -0.394 e. The zero-order valence-corrected chi connectivity index (χ0v) is 47.0. The van der Waals surface area contributed by atoms with Crippen LogP contribution in [0.5, 0.6) is 0 Å². The third-order valence-corrected chi connectivity index (χ3v) is 14.2. The molecule has 4 nitrogen and oxygen atoms in total. The molecular formula is C66H121NO3. The summed E-state index contributed by atoms with van der Waals surface area (Å²) in [4.78, 5) is 12.5. The Balaban J connectivity index is 3.50. The number of aliphatic hydroxyl groups excluding tert-OH is 2. The van der Waals surface area contributed by atoms with Gasteiger partial charge in [0.05, 0.1) is 18.8 Å². The Hall–Kier alpha value is -2.17. The first-order valence-corrected chi connectivity index (χ1v) is 31.2. The number of hydrogen-bond acceptors (Lipinski definition) is 3. The molecule has 0 aliphatic carbocycles. The Morgan fingerprint density at radius 1 is 0.357 bits per heavy atom. The Kier molecular flexibility index (Phi) is 59.2. The first-order chi connectivity index (χ1) is 34.7. The van der Waals surface area contributed by atoms with Gasteiger partial charge in [-0.25, -0.2) is 0 Å². The molecule has 3 N–H and O–H groups in total. The fourth-order valence-electron chi connectivity index (χ4n) is 9.48. The maximum absolute atomic E-state index is 12.5. The minimum absolute atomic E-state index is 0.0716. The van der Waals surface area contributed by atoms with E-state index in [0.717, 1.165) is 57.8 Å². The van der Waals surface area contributed by atoms with Gasteiger partial charge in [0.25, 0.3) is 0 Å².